The van der Waals surface area contributed by atoms with Crippen molar-refractivity contribution in [3.05, 3.63) is 48.1 Å². The molecule has 1 fully saturated rings. The molecule has 164 valence electrons. The van der Waals surface area contributed by atoms with Crippen molar-refractivity contribution < 1.29 is 9.53 Å². The first kappa shape index (κ1) is 20.6. The van der Waals surface area contributed by atoms with Gasteiger partial charge < -0.3 is 9.64 Å². The van der Waals surface area contributed by atoms with E-state index in [1.807, 2.05) is 62.5 Å². The fourth-order valence-corrected chi connectivity index (χ4v) is 5.09. The van der Waals surface area contributed by atoms with Gasteiger partial charge in [-0.05, 0) is 43.8 Å². The van der Waals surface area contributed by atoms with E-state index >= 15 is 0 Å². The van der Waals surface area contributed by atoms with Crippen LogP contribution in [-0.2, 0) is 11.8 Å². The summed E-state index contributed by atoms with van der Waals surface area (Å²) in [5.41, 5.74) is 3.50. The molecule has 1 unspecified atom stereocenters. The van der Waals surface area contributed by atoms with Gasteiger partial charge in [0.15, 0.2) is 0 Å². The number of carbonyl (C=O) groups is 1. The molecule has 5 rings (SSSR count). The molecule has 1 saturated heterocycles. The third kappa shape index (κ3) is 3.75. The largest absolute Gasteiger partial charge is 0.488 e. The number of hydrogen-bond donors (Lipinski definition) is 0. The lowest BCUT2D eigenvalue weighted by molar-refractivity contribution is -0.138. The fourth-order valence-electron chi connectivity index (χ4n) is 4.19. The van der Waals surface area contributed by atoms with Crippen LogP contribution in [0.15, 0.2) is 48.1 Å². The average molecular weight is 448 g/mol. The van der Waals surface area contributed by atoms with Gasteiger partial charge in [-0.1, -0.05) is 12.1 Å². The van der Waals surface area contributed by atoms with Gasteiger partial charge in [-0.3, -0.25) is 9.48 Å². The maximum absolute atomic E-state index is 12.2. The maximum Gasteiger partial charge on any atom is 0.223 e. The third-order valence-corrected chi connectivity index (χ3v) is 6.74. The van der Waals surface area contributed by atoms with Crippen molar-refractivity contribution in [3.63, 3.8) is 0 Å². The number of aromatic nitrogens is 4. The number of aryl methyl sites for hydroxylation is 1. The molecule has 1 amide bonds. The van der Waals surface area contributed by atoms with Gasteiger partial charge in [-0.2, -0.15) is 5.10 Å². The van der Waals surface area contributed by atoms with Gasteiger partial charge in [-0.15, -0.1) is 21.5 Å². The Morgan fingerprint density at radius 2 is 1.97 bits per heavy atom. The van der Waals surface area contributed by atoms with Crippen molar-refractivity contribution in [3.8, 4) is 28.3 Å². The van der Waals surface area contributed by atoms with Gasteiger partial charge in [0, 0.05) is 42.2 Å². The Hall–Kier alpha value is -3.26. The highest BCUT2D eigenvalue weighted by Gasteiger charge is 2.29. The van der Waals surface area contributed by atoms with E-state index in [0.29, 0.717) is 13.0 Å². The fraction of sp³-hybridized carbons (Fsp3) is 0.333. The SMILES string of the molecule is CC(C)N1CC(Oc2ccccc2-c2nnc(-c3cnn(C)c3)c3ccsc23)CCC1=O. The third-order valence-electron chi connectivity index (χ3n) is 5.82. The molecule has 1 aromatic carbocycles. The molecular formula is C24H25N5O2S. The van der Waals surface area contributed by atoms with Crippen molar-refractivity contribution in [1.82, 2.24) is 24.9 Å². The normalized spacial score (nSPS) is 16.8. The van der Waals surface area contributed by atoms with Crippen LogP contribution >= 0.6 is 11.3 Å². The Labute approximate surface area is 190 Å². The van der Waals surface area contributed by atoms with Crippen LogP contribution in [0.25, 0.3) is 32.6 Å². The van der Waals surface area contributed by atoms with E-state index in [0.717, 1.165) is 44.8 Å². The zero-order valence-electron chi connectivity index (χ0n) is 18.4. The second kappa shape index (κ2) is 8.35. The van der Waals surface area contributed by atoms with Crippen LogP contribution in [0.3, 0.4) is 0 Å². The molecule has 32 heavy (non-hydrogen) atoms. The molecule has 1 aliphatic heterocycles. The molecule has 0 radical (unpaired) electrons. The molecule has 0 N–H and O–H groups in total. The number of amides is 1. The second-order valence-electron chi connectivity index (χ2n) is 8.38. The lowest BCUT2D eigenvalue weighted by Crippen LogP contribution is -2.47. The maximum atomic E-state index is 12.2. The first-order valence-corrected chi connectivity index (χ1v) is 11.7. The van der Waals surface area contributed by atoms with E-state index in [-0.39, 0.29) is 18.1 Å². The van der Waals surface area contributed by atoms with Crippen LogP contribution in [0, 0.1) is 0 Å². The van der Waals surface area contributed by atoms with Gasteiger partial charge in [0.25, 0.3) is 0 Å². The number of ether oxygens (including phenoxy) is 1. The van der Waals surface area contributed by atoms with Crippen molar-refractivity contribution in [2.24, 2.45) is 7.05 Å². The van der Waals surface area contributed by atoms with Crippen LogP contribution in [0.5, 0.6) is 5.75 Å². The van der Waals surface area contributed by atoms with Crippen LogP contribution in [-0.4, -0.2) is 49.5 Å². The molecule has 4 heterocycles. The quantitative estimate of drug-likeness (QED) is 0.449. The Bertz CT molecular complexity index is 1280. The van der Waals surface area contributed by atoms with Gasteiger partial charge in [0.1, 0.15) is 23.2 Å². The van der Waals surface area contributed by atoms with E-state index in [1.54, 1.807) is 16.0 Å². The van der Waals surface area contributed by atoms with Gasteiger partial charge in [-0.25, -0.2) is 0 Å². The molecule has 1 aliphatic rings. The van der Waals surface area contributed by atoms with Crippen molar-refractivity contribution in [1.29, 1.82) is 0 Å². The number of carbonyl (C=O) groups excluding carboxylic acids is 1. The number of hydrogen-bond acceptors (Lipinski definition) is 6. The summed E-state index contributed by atoms with van der Waals surface area (Å²) < 4.78 is 9.28. The Morgan fingerprint density at radius 1 is 1.16 bits per heavy atom. The summed E-state index contributed by atoms with van der Waals surface area (Å²) in [5.74, 6) is 0.971. The van der Waals surface area contributed by atoms with Gasteiger partial charge in [0.05, 0.1) is 17.4 Å². The number of fused-ring (bicyclic) bond motifs is 1. The zero-order valence-corrected chi connectivity index (χ0v) is 19.2. The van der Waals surface area contributed by atoms with Crippen LogP contribution in [0.2, 0.25) is 0 Å². The predicted molar refractivity (Wildman–Crippen MR) is 126 cm³/mol. The summed E-state index contributed by atoms with van der Waals surface area (Å²) in [5, 5.41) is 16.6. The lowest BCUT2D eigenvalue weighted by atomic mass is 10.0. The molecule has 4 aromatic rings. The highest BCUT2D eigenvalue weighted by Crippen LogP contribution is 2.39. The molecule has 1 atom stereocenters. The number of para-hydroxylation sites is 1. The number of thiophene rings is 1. The summed E-state index contributed by atoms with van der Waals surface area (Å²) in [4.78, 5) is 14.1. The van der Waals surface area contributed by atoms with Crippen molar-refractivity contribution >= 4 is 27.3 Å². The lowest BCUT2D eigenvalue weighted by Gasteiger charge is -2.35. The average Bonchev–Trinajstić information content (AvgIpc) is 3.44. The van der Waals surface area contributed by atoms with Gasteiger partial charge in [0.2, 0.25) is 5.91 Å². The summed E-state index contributed by atoms with van der Waals surface area (Å²) in [6.45, 7) is 4.69. The van der Waals surface area contributed by atoms with E-state index in [4.69, 9.17) is 4.74 Å². The Kier molecular flexibility index (Phi) is 5.38. The number of rotatable bonds is 5. The van der Waals surface area contributed by atoms with E-state index in [9.17, 15) is 4.79 Å². The highest BCUT2D eigenvalue weighted by atomic mass is 32.1. The van der Waals surface area contributed by atoms with E-state index < -0.39 is 0 Å². The van der Waals surface area contributed by atoms with Crippen LogP contribution in [0.4, 0.5) is 0 Å². The van der Waals surface area contributed by atoms with Crippen molar-refractivity contribution in [2.45, 2.75) is 38.8 Å². The minimum absolute atomic E-state index is 0.0438. The zero-order chi connectivity index (χ0) is 22.2. The number of benzene rings is 1. The topological polar surface area (TPSA) is 73.1 Å². The minimum atomic E-state index is -0.0438. The molecule has 0 spiro atoms. The highest BCUT2D eigenvalue weighted by molar-refractivity contribution is 7.17. The molecule has 7 nitrogen and oxygen atoms in total. The predicted octanol–water partition coefficient (Wildman–Crippen LogP) is 4.54. The number of piperidine rings is 1. The monoisotopic (exact) mass is 447 g/mol. The number of likely N-dealkylation sites (tertiary alicyclic amines) is 1. The summed E-state index contributed by atoms with van der Waals surface area (Å²) in [6.07, 6.45) is 4.94. The summed E-state index contributed by atoms with van der Waals surface area (Å²) in [6, 6.07) is 10.2. The number of nitrogens with zero attached hydrogens (tertiary/aromatic N) is 5. The van der Waals surface area contributed by atoms with Crippen LogP contribution < -0.4 is 4.74 Å². The van der Waals surface area contributed by atoms with E-state index in [2.05, 4.69) is 26.7 Å². The summed E-state index contributed by atoms with van der Waals surface area (Å²) >= 11 is 1.65. The van der Waals surface area contributed by atoms with Gasteiger partial charge >= 0.3 is 0 Å². The standard InChI is InChI=1S/C24H25N5O2S/c1-15(2)29-14-17(8-9-21(29)30)31-20-7-5-4-6-18(20)23-24-19(10-11-32-24)22(26-27-23)16-12-25-28(3)13-16/h4-7,10-13,15,17H,8-9,14H2,1-3H3. The van der Waals surface area contributed by atoms with Crippen molar-refractivity contribution in [2.75, 3.05) is 6.54 Å². The minimum Gasteiger partial charge on any atom is -0.488 e. The molecule has 8 heteroatoms. The smallest absolute Gasteiger partial charge is 0.223 e. The Balaban J connectivity index is 1.51. The Morgan fingerprint density at radius 3 is 2.75 bits per heavy atom. The molecule has 0 bridgehead atoms. The molecular weight excluding hydrogens is 422 g/mol. The molecule has 0 aliphatic carbocycles. The molecule has 3 aromatic heterocycles. The first-order valence-electron chi connectivity index (χ1n) is 10.8. The first-order chi connectivity index (χ1) is 15.5. The van der Waals surface area contributed by atoms with E-state index in [1.165, 1.54) is 0 Å². The molecule has 0 saturated carbocycles. The summed E-state index contributed by atoms with van der Waals surface area (Å²) in [7, 11) is 1.89. The van der Waals surface area contributed by atoms with Crippen LogP contribution in [0.1, 0.15) is 26.7 Å². The second-order valence-corrected chi connectivity index (χ2v) is 9.29.